The standard InChI is InChI=1S/C17H22N6O/c1-22(2)15-11-13(6-9-18-15)16(24)21-14-5-3-10-23(12-14)17-19-7-4-8-20-17/h4,6-9,11,14H,3,5,10,12H2,1-2H3,(H,21,24). The van der Waals surface area contributed by atoms with Crippen LogP contribution in [0.15, 0.2) is 36.8 Å². The second-order valence-electron chi connectivity index (χ2n) is 6.10. The van der Waals surface area contributed by atoms with Gasteiger partial charge in [0.05, 0.1) is 0 Å². The summed E-state index contributed by atoms with van der Waals surface area (Å²) >= 11 is 0. The van der Waals surface area contributed by atoms with Gasteiger partial charge in [-0.25, -0.2) is 15.0 Å². The van der Waals surface area contributed by atoms with Crippen LogP contribution in [-0.4, -0.2) is 54.1 Å². The molecule has 2 aromatic rings. The van der Waals surface area contributed by atoms with Crippen LogP contribution < -0.4 is 15.1 Å². The summed E-state index contributed by atoms with van der Waals surface area (Å²) in [6.07, 6.45) is 7.10. The maximum atomic E-state index is 12.5. The van der Waals surface area contributed by atoms with Crippen molar-refractivity contribution in [3.05, 3.63) is 42.4 Å². The molecule has 3 rings (SSSR count). The smallest absolute Gasteiger partial charge is 0.251 e. The first kappa shape index (κ1) is 16.2. The first-order chi connectivity index (χ1) is 11.6. The normalized spacial score (nSPS) is 17.4. The van der Waals surface area contributed by atoms with Crippen LogP contribution in [0, 0.1) is 0 Å². The van der Waals surface area contributed by atoms with Crippen molar-refractivity contribution in [2.75, 3.05) is 37.0 Å². The molecule has 1 fully saturated rings. The lowest BCUT2D eigenvalue weighted by Gasteiger charge is -2.33. The van der Waals surface area contributed by atoms with E-state index in [1.807, 2.05) is 19.0 Å². The van der Waals surface area contributed by atoms with Crippen molar-refractivity contribution in [2.45, 2.75) is 18.9 Å². The van der Waals surface area contributed by atoms with E-state index in [4.69, 9.17) is 0 Å². The summed E-state index contributed by atoms with van der Waals surface area (Å²) in [7, 11) is 3.81. The van der Waals surface area contributed by atoms with Gasteiger partial charge < -0.3 is 15.1 Å². The van der Waals surface area contributed by atoms with Gasteiger partial charge in [-0.15, -0.1) is 0 Å². The Labute approximate surface area is 141 Å². The highest BCUT2D eigenvalue weighted by Gasteiger charge is 2.23. The zero-order valence-corrected chi connectivity index (χ0v) is 14.0. The monoisotopic (exact) mass is 326 g/mol. The van der Waals surface area contributed by atoms with Crippen LogP contribution in [0.3, 0.4) is 0 Å². The molecule has 7 nitrogen and oxygen atoms in total. The Morgan fingerprint density at radius 2 is 2.04 bits per heavy atom. The third kappa shape index (κ3) is 3.79. The van der Waals surface area contributed by atoms with Gasteiger partial charge in [0, 0.05) is 57.4 Å². The van der Waals surface area contributed by atoms with Crippen molar-refractivity contribution in [3.63, 3.8) is 0 Å². The van der Waals surface area contributed by atoms with E-state index in [1.54, 1.807) is 36.8 Å². The average Bonchev–Trinajstić information content (AvgIpc) is 2.63. The van der Waals surface area contributed by atoms with Crippen molar-refractivity contribution in [3.8, 4) is 0 Å². The van der Waals surface area contributed by atoms with E-state index in [0.29, 0.717) is 5.56 Å². The van der Waals surface area contributed by atoms with E-state index in [2.05, 4.69) is 25.2 Å². The molecule has 1 amide bonds. The highest BCUT2D eigenvalue weighted by Crippen LogP contribution is 2.16. The number of anilines is 2. The van der Waals surface area contributed by atoms with E-state index in [0.717, 1.165) is 37.7 Å². The number of rotatable bonds is 4. The van der Waals surface area contributed by atoms with Gasteiger partial charge >= 0.3 is 0 Å². The van der Waals surface area contributed by atoms with Crippen molar-refractivity contribution < 1.29 is 4.79 Å². The first-order valence-electron chi connectivity index (χ1n) is 8.09. The highest BCUT2D eigenvalue weighted by molar-refractivity contribution is 5.95. The van der Waals surface area contributed by atoms with Gasteiger partial charge in [0.2, 0.25) is 5.95 Å². The summed E-state index contributed by atoms with van der Waals surface area (Å²) in [6.45, 7) is 1.64. The molecule has 0 bridgehead atoms. The van der Waals surface area contributed by atoms with Gasteiger partial charge in [-0.2, -0.15) is 0 Å². The molecule has 1 saturated heterocycles. The summed E-state index contributed by atoms with van der Waals surface area (Å²) in [6, 6.07) is 5.43. The number of aromatic nitrogens is 3. The lowest BCUT2D eigenvalue weighted by Crippen LogP contribution is -2.48. The molecule has 1 aliphatic heterocycles. The van der Waals surface area contributed by atoms with E-state index in [9.17, 15) is 4.79 Å². The van der Waals surface area contributed by atoms with Crippen LogP contribution >= 0.6 is 0 Å². The zero-order chi connectivity index (χ0) is 16.9. The van der Waals surface area contributed by atoms with Crippen LogP contribution in [0.1, 0.15) is 23.2 Å². The molecule has 126 valence electrons. The predicted octanol–water partition coefficient (Wildman–Crippen LogP) is 1.34. The average molecular weight is 326 g/mol. The van der Waals surface area contributed by atoms with Gasteiger partial charge in [-0.3, -0.25) is 4.79 Å². The predicted molar refractivity (Wildman–Crippen MR) is 93.3 cm³/mol. The molecule has 0 saturated carbocycles. The summed E-state index contributed by atoms with van der Waals surface area (Å²) < 4.78 is 0. The Kier molecular flexibility index (Phi) is 4.88. The van der Waals surface area contributed by atoms with Crippen molar-refractivity contribution in [2.24, 2.45) is 0 Å². The minimum absolute atomic E-state index is 0.0682. The topological polar surface area (TPSA) is 74.2 Å². The van der Waals surface area contributed by atoms with E-state index >= 15 is 0 Å². The van der Waals surface area contributed by atoms with Gasteiger partial charge in [-0.05, 0) is 31.0 Å². The molecule has 1 N–H and O–H groups in total. The van der Waals surface area contributed by atoms with Gasteiger partial charge in [0.25, 0.3) is 5.91 Å². The molecule has 1 unspecified atom stereocenters. The summed E-state index contributed by atoms with van der Waals surface area (Å²) in [4.78, 5) is 29.3. The number of carbonyl (C=O) groups is 1. The fourth-order valence-corrected chi connectivity index (χ4v) is 2.80. The maximum absolute atomic E-state index is 12.5. The number of carbonyl (C=O) groups excluding carboxylic acids is 1. The van der Waals surface area contributed by atoms with Gasteiger partial charge in [0.1, 0.15) is 5.82 Å². The van der Waals surface area contributed by atoms with Crippen LogP contribution in [0.4, 0.5) is 11.8 Å². The molecule has 2 aromatic heterocycles. The first-order valence-corrected chi connectivity index (χ1v) is 8.09. The second kappa shape index (κ2) is 7.25. The molecule has 3 heterocycles. The van der Waals surface area contributed by atoms with Crippen LogP contribution in [0.25, 0.3) is 0 Å². The number of pyridine rings is 1. The molecular weight excluding hydrogens is 304 g/mol. The SMILES string of the molecule is CN(C)c1cc(C(=O)NC2CCCN(c3ncccn3)C2)ccn1. The van der Waals surface area contributed by atoms with Crippen LogP contribution in [0.2, 0.25) is 0 Å². The number of nitrogens with zero attached hydrogens (tertiary/aromatic N) is 5. The Hall–Kier alpha value is -2.70. The van der Waals surface area contributed by atoms with E-state index in [1.165, 1.54) is 0 Å². The molecule has 1 atom stereocenters. The minimum Gasteiger partial charge on any atom is -0.363 e. The highest BCUT2D eigenvalue weighted by atomic mass is 16.1. The minimum atomic E-state index is -0.0682. The number of nitrogens with one attached hydrogen (secondary N) is 1. The molecule has 1 aliphatic rings. The third-order valence-electron chi connectivity index (χ3n) is 4.06. The molecule has 24 heavy (non-hydrogen) atoms. The van der Waals surface area contributed by atoms with Crippen molar-refractivity contribution >= 4 is 17.7 Å². The number of piperidine rings is 1. The van der Waals surface area contributed by atoms with E-state index in [-0.39, 0.29) is 11.9 Å². The molecule has 0 spiro atoms. The third-order valence-corrected chi connectivity index (χ3v) is 4.06. The van der Waals surface area contributed by atoms with Crippen LogP contribution in [-0.2, 0) is 0 Å². The van der Waals surface area contributed by atoms with Gasteiger partial charge in [0.15, 0.2) is 0 Å². The van der Waals surface area contributed by atoms with Crippen molar-refractivity contribution in [1.29, 1.82) is 0 Å². The summed E-state index contributed by atoms with van der Waals surface area (Å²) in [5.41, 5.74) is 0.627. The largest absolute Gasteiger partial charge is 0.363 e. The Balaban J connectivity index is 1.65. The Morgan fingerprint density at radius 3 is 2.79 bits per heavy atom. The second-order valence-corrected chi connectivity index (χ2v) is 6.10. The maximum Gasteiger partial charge on any atom is 0.251 e. The number of amides is 1. The molecular formula is C17H22N6O. The Bertz CT molecular complexity index is 690. The van der Waals surface area contributed by atoms with Crippen LogP contribution in [0.5, 0.6) is 0 Å². The molecule has 7 heteroatoms. The number of hydrogen-bond donors (Lipinski definition) is 1. The van der Waals surface area contributed by atoms with Gasteiger partial charge in [-0.1, -0.05) is 0 Å². The fraction of sp³-hybridized carbons (Fsp3) is 0.412. The summed E-state index contributed by atoms with van der Waals surface area (Å²) in [5.74, 6) is 1.42. The zero-order valence-electron chi connectivity index (χ0n) is 14.0. The van der Waals surface area contributed by atoms with E-state index < -0.39 is 0 Å². The molecule has 0 radical (unpaired) electrons. The number of hydrogen-bond acceptors (Lipinski definition) is 6. The quantitative estimate of drug-likeness (QED) is 0.914. The molecule has 0 aliphatic carbocycles. The fourth-order valence-electron chi connectivity index (χ4n) is 2.80. The molecule has 0 aromatic carbocycles. The lowest BCUT2D eigenvalue weighted by atomic mass is 10.1. The Morgan fingerprint density at radius 1 is 1.25 bits per heavy atom. The van der Waals surface area contributed by atoms with Crippen molar-refractivity contribution in [1.82, 2.24) is 20.3 Å². The lowest BCUT2D eigenvalue weighted by molar-refractivity contribution is 0.0933. The summed E-state index contributed by atoms with van der Waals surface area (Å²) in [5, 5.41) is 3.12.